The predicted octanol–water partition coefficient (Wildman–Crippen LogP) is 3.54. The molecule has 3 atom stereocenters. The van der Waals surface area contributed by atoms with Gasteiger partial charge in [0.05, 0.1) is 28.1 Å². The fourth-order valence-corrected chi connectivity index (χ4v) is 3.62. The molecule has 3 aromatic rings. The van der Waals surface area contributed by atoms with E-state index in [-0.39, 0.29) is 13.2 Å². The number of rotatable bonds is 11. The van der Waals surface area contributed by atoms with Crippen LogP contribution in [0.2, 0.25) is 0 Å². The molecule has 0 aromatic heterocycles. The molecular weight excluding hydrogens is 459 g/mol. The molecule has 0 aliphatic heterocycles. The molecule has 0 fully saturated rings. The Morgan fingerprint density at radius 1 is 0.722 bits per heavy atom. The van der Waals surface area contributed by atoms with Gasteiger partial charge in [0.25, 0.3) is 0 Å². The van der Waals surface area contributed by atoms with Crippen molar-refractivity contribution in [3.05, 3.63) is 108 Å². The molecule has 0 amide bonds. The van der Waals surface area contributed by atoms with Crippen molar-refractivity contribution in [3.8, 4) is 0 Å². The fourth-order valence-electron chi connectivity index (χ4n) is 3.62. The lowest BCUT2D eigenvalue weighted by Crippen LogP contribution is -2.52. The summed E-state index contributed by atoms with van der Waals surface area (Å²) in [6, 6.07) is 25.0. The van der Waals surface area contributed by atoms with Crippen LogP contribution in [-0.4, -0.2) is 58.2 Å². The second-order valence-electron chi connectivity index (χ2n) is 8.55. The van der Waals surface area contributed by atoms with Crippen LogP contribution in [0.1, 0.15) is 38.0 Å². The number of carbonyl (C=O) groups is 3. The third-order valence-corrected chi connectivity index (χ3v) is 6.14. The van der Waals surface area contributed by atoms with Crippen molar-refractivity contribution in [2.75, 3.05) is 20.3 Å². The van der Waals surface area contributed by atoms with Crippen molar-refractivity contribution in [3.63, 3.8) is 0 Å². The van der Waals surface area contributed by atoms with Crippen LogP contribution in [0, 0.1) is 5.41 Å². The monoisotopic (exact) mass is 488 g/mol. The van der Waals surface area contributed by atoms with Gasteiger partial charge in [-0.2, -0.15) is 0 Å². The Kier molecular flexibility index (Phi) is 9.42. The second kappa shape index (κ2) is 12.7. The van der Waals surface area contributed by atoms with Crippen LogP contribution in [0.5, 0.6) is 0 Å². The van der Waals surface area contributed by atoms with Crippen LogP contribution in [0.25, 0.3) is 0 Å². The van der Waals surface area contributed by atoms with E-state index in [1.807, 2.05) is 0 Å². The average Bonchev–Trinajstić information content (AvgIpc) is 2.93. The van der Waals surface area contributed by atoms with Gasteiger partial charge in [-0.15, -0.1) is 0 Å². The highest BCUT2D eigenvalue weighted by atomic mass is 16.6. The van der Waals surface area contributed by atoms with Gasteiger partial charge in [-0.3, -0.25) is 0 Å². The van der Waals surface area contributed by atoms with Gasteiger partial charge in [0.15, 0.2) is 7.85 Å². The molecule has 36 heavy (non-hydrogen) atoms. The number of ether oxygens (including phenoxy) is 4. The third-order valence-electron chi connectivity index (χ3n) is 6.14. The van der Waals surface area contributed by atoms with Gasteiger partial charge < -0.3 is 18.9 Å². The summed E-state index contributed by atoms with van der Waals surface area (Å²) in [6.45, 7) is 1.47. The molecule has 0 N–H and O–H groups in total. The molecule has 0 aliphatic carbocycles. The Morgan fingerprint density at radius 3 is 1.58 bits per heavy atom. The third kappa shape index (κ3) is 6.83. The number of esters is 3. The first kappa shape index (κ1) is 26.7. The summed E-state index contributed by atoms with van der Waals surface area (Å²) in [5.41, 5.74) is 0.115. The van der Waals surface area contributed by atoms with E-state index in [0.717, 1.165) is 0 Å². The quantitative estimate of drug-likeness (QED) is 0.232. The molecule has 186 valence electrons. The highest BCUT2D eigenvalue weighted by Crippen LogP contribution is 2.31. The summed E-state index contributed by atoms with van der Waals surface area (Å²) in [7, 11) is 3.16. The molecule has 0 radical (unpaired) electrons. The number of carbonyl (C=O) groups excluding carboxylic acids is 3. The summed E-state index contributed by atoms with van der Waals surface area (Å²) in [6.07, 6.45) is -0.757. The van der Waals surface area contributed by atoms with Gasteiger partial charge in [0, 0.05) is 7.11 Å². The van der Waals surface area contributed by atoms with E-state index in [0.29, 0.717) is 16.7 Å². The number of hydrogen-bond donors (Lipinski definition) is 0. The summed E-state index contributed by atoms with van der Waals surface area (Å²) in [5, 5.41) is 0. The van der Waals surface area contributed by atoms with Crippen LogP contribution in [0.3, 0.4) is 0 Å². The number of hydrogen-bond acceptors (Lipinski definition) is 7. The van der Waals surface area contributed by atoms with E-state index in [2.05, 4.69) is 0 Å². The molecule has 0 aliphatic rings. The smallest absolute Gasteiger partial charge is 0.338 e. The van der Waals surface area contributed by atoms with E-state index in [9.17, 15) is 14.4 Å². The lowest BCUT2D eigenvalue weighted by molar-refractivity contribution is -0.106. The Balaban J connectivity index is 1.78. The zero-order valence-electron chi connectivity index (χ0n) is 20.6. The topological polar surface area (TPSA) is 88.1 Å². The minimum atomic E-state index is -1.05. The molecule has 0 bridgehead atoms. The van der Waals surface area contributed by atoms with E-state index >= 15 is 0 Å². The zero-order valence-corrected chi connectivity index (χ0v) is 20.6. The molecule has 8 heteroatoms. The zero-order chi connectivity index (χ0) is 26.0. The SMILES string of the molecule is BC(OC(=O)c1ccccc1)[C@@](C)(COC(=O)c1ccccc1)C(COC(=O)c1ccccc1)OC. The summed E-state index contributed by atoms with van der Waals surface area (Å²) in [4.78, 5) is 38.0. The Bertz CT molecular complexity index is 1140. The maximum absolute atomic E-state index is 12.8. The lowest BCUT2D eigenvalue weighted by Gasteiger charge is -2.40. The van der Waals surface area contributed by atoms with E-state index in [4.69, 9.17) is 18.9 Å². The maximum atomic E-state index is 12.8. The van der Waals surface area contributed by atoms with Gasteiger partial charge >= 0.3 is 17.9 Å². The van der Waals surface area contributed by atoms with Crippen LogP contribution in [-0.2, 0) is 18.9 Å². The predicted molar refractivity (Wildman–Crippen MR) is 137 cm³/mol. The minimum absolute atomic E-state index is 0.142. The molecule has 0 saturated carbocycles. The molecule has 3 aromatic carbocycles. The van der Waals surface area contributed by atoms with Crippen molar-refractivity contribution in [1.82, 2.24) is 0 Å². The molecule has 0 saturated heterocycles. The summed E-state index contributed by atoms with van der Waals surface area (Å²) in [5.74, 6) is -1.57. The van der Waals surface area contributed by atoms with Crippen LogP contribution in [0.4, 0.5) is 0 Å². The van der Waals surface area contributed by atoms with E-state index in [1.165, 1.54) is 7.11 Å². The number of methoxy groups -OCH3 is 1. The number of benzene rings is 3. The van der Waals surface area contributed by atoms with Crippen molar-refractivity contribution >= 4 is 25.8 Å². The first-order valence-electron chi connectivity index (χ1n) is 11.6. The largest absolute Gasteiger partial charge is 0.468 e. The lowest BCUT2D eigenvalue weighted by atomic mass is 9.70. The van der Waals surface area contributed by atoms with Crippen LogP contribution in [0.15, 0.2) is 91.0 Å². The van der Waals surface area contributed by atoms with Gasteiger partial charge in [-0.05, 0) is 36.4 Å². The molecule has 0 heterocycles. The van der Waals surface area contributed by atoms with Crippen molar-refractivity contribution in [2.45, 2.75) is 19.0 Å². The standard InChI is InChI=1S/C28H29BO7/c1-28(19-35-25(31)21-14-8-4-9-15-21,27(29)36-26(32)22-16-10-5-11-17-22)23(33-2)18-34-24(30)20-12-6-3-7-13-20/h3-17,23,27H,18-19,29H2,1-2H3/t23?,27?,28-/m0/s1. The van der Waals surface area contributed by atoms with Crippen LogP contribution >= 0.6 is 0 Å². The first-order chi connectivity index (χ1) is 17.3. The van der Waals surface area contributed by atoms with Crippen molar-refractivity contribution in [2.24, 2.45) is 5.41 Å². The van der Waals surface area contributed by atoms with Gasteiger partial charge in [-0.25, -0.2) is 14.4 Å². The van der Waals surface area contributed by atoms with Gasteiger partial charge in [0.2, 0.25) is 0 Å². The highest BCUT2D eigenvalue weighted by Gasteiger charge is 2.44. The van der Waals surface area contributed by atoms with Gasteiger partial charge in [0.1, 0.15) is 19.3 Å². The minimum Gasteiger partial charge on any atom is -0.468 e. The maximum Gasteiger partial charge on any atom is 0.338 e. The molecule has 0 spiro atoms. The van der Waals surface area contributed by atoms with E-state index in [1.54, 1.807) is 106 Å². The molecule has 3 rings (SSSR count). The van der Waals surface area contributed by atoms with Crippen LogP contribution < -0.4 is 0 Å². The summed E-state index contributed by atoms with van der Waals surface area (Å²) < 4.78 is 22.6. The fraction of sp³-hybridized carbons (Fsp3) is 0.250. The molecule has 2 unspecified atom stereocenters. The average molecular weight is 488 g/mol. The van der Waals surface area contributed by atoms with Crippen molar-refractivity contribution in [1.29, 1.82) is 0 Å². The Hall–Kier alpha value is -3.91. The normalized spacial score (nSPS) is 14.1. The summed E-state index contributed by atoms with van der Waals surface area (Å²) >= 11 is 0. The van der Waals surface area contributed by atoms with Gasteiger partial charge in [-0.1, -0.05) is 61.5 Å². The van der Waals surface area contributed by atoms with E-state index < -0.39 is 35.4 Å². The molecule has 7 nitrogen and oxygen atoms in total. The first-order valence-corrected chi connectivity index (χ1v) is 11.6. The highest BCUT2D eigenvalue weighted by molar-refractivity contribution is 6.13. The molecular formula is C28H29BO7. The second-order valence-corrected chi connectivity index (χ2v) is 8.55. The van der Waals surface area contributed by atoms with Crippen molar-refractivity contribution < 1.29 is 33.3 Å². The Morgan fingerprint density at radius 2 is 1.14 bits per heavy atom. The Labute approximate surface area is 211 Å².